The van der Waals surface area contributed by atoms with Crippen molar-refractivity contribution >= 4 is 23.3 Å². The summed E-state index contributed by atoms with van der Waals surface area (Å²) in [6.45, 7) is 3.80. The van der Waals surface area contributed by atoms with Gasteiger partial charge in [0.05, 0.1) is 13.4 Å². The number of carbonyl (C=O) groups excluding carboxylic acids is 2. The number of anilines is 2. The van der Waals surface area contributed by atoms with E-state index in [0.29, 0.717) is 17.8 Å². The zero-order valence-electron chi connectivity index (χ0n) is 17.2. The summed E-state index contributed by atoms with van der Waals surface area (Å²) in [6, 6.07) is 15.9. The van der Waals surface area contributed by atoms with Gasteiger partial charge in [-0.25, -0.2) is 4.79 Å². The summed E-state index contributed by atoms with van der Waals surface area (Å²) in [4.78, 5) is 24.4. The maximum Gasteiger partial charge on any atom is 0.319 e. The molecule has 3 amide bonds. The number of urea groups is 1. The van der Waals surface area contributed by atoms with Crippen LogP contribution < -0.4 is 20.7 Å². The monoisotopic (exact) mass is 407 g/mol. The van der Waals surface area contributed by atoms with Crippen LogP contribution >= 0.6 is 0 Å². The van der Waals surface area contributed by atoms with Crippen molar-refractivity contribution in [1.82, 2.24) is 5.32 Å². The predicted molar refractivity (Wildman–Crippen MR) is 116 cm³/mol. The van der Waals surface area contributed by atoms with Gasteiger partial charge < -0.3 is 25.1 Å². The molecule has 2 aromatic carbocycles. The lowest BCUT2D eigenvalue weighted by Crippen LogP contribution is -2.37. The first kappa shape index (κ1) is 21.0. The molecule has 1 aromatic heterocycles. The summed E-state index contributed by atoms with van der Waals surface area (Å²) in [6.07, 6.45) is 2.13. The number of ether oxygens (including phenoxy) is 1. The third kappa shape index (κ3) is 5.64. The third-order valence-electron chi connectivity index (χ3n) is 4.53. The molecule has 3 rings (SSSR count). The molecule has 3 aromatic rings. The molecule has 3 N–H and O–H groups in total. The average molecular weight is 407 g/mol. The Hall–Kier alpha value is -3.74. The lowest BCUT2D eigenvalue weighted by Gasteiger charge is -2.16. The Morgan fingerprint density at radius 3 is 2.60 bits per heavy atom. The highest BCUT2D eigenvalue weighted by molar-refractivity contribution is 6.02. The van der Waals surface area contributed by atoms with Crippen molar-refractivity contribution in [1.29, 1.82) is 0 Å². The van der Waals surface area contributed by atoms with E-state index in [1.807, 2.05) is 38.1 Å². The normalized spacial score (nSPS) is 11.4. The zero-order valence-corrected chi connectivity index (χ0v) is 17.2. The van der Waals surface area contributed by atoms with Gasteiger partial charge in [0.25, 0.3) is 5.91 Å². The van der Waals surface area contributed by atoms with E-state index >= 15 is 0 Å². The topological polar surface area (TPSA) is 92.6 Å². The lowest BCUT2D eigenvalue weighted by atomic mass is 10.1. The van der Waals surface area contributed by atoms with Crippen molar-refractivity contribution in [3.8, 4) is 5.75 Å². The van der Waals surface area contributed by atoms with Gasteiger partial charge in [-0.15, -0.1) is 0 Å². The molecular weight excluding hydrogens is 382 g/mol. The first-order valence-electron chi connectivity index (χ1n) is 9.60. The molecular formula is C23H25N3O4. The molecule has 0 saturated heterocycles. The first-order chi connectivity index (χ1) is 14.4. The number of benzene rings is 2. The highest BCUT2D eigenvalue weighted by Gasteiger charge is 2.12. The van der Waals surface area contributed by atoms with Crippen molar-refractivity contribution in [3.63, 3.8) is 0 Å². The van der Waals surface area contributed by atoms with Gasteiger partial charge in [-0.1, -0.05) is 12.1 Å². The Bertz CT molecular complexity index is 1020. The van der Waals surface area contributed by atoms with Crippen LogP contribution in [0.2, 0.25) is 0 Å². The van der Waals surface area contributed by atoms with Crippen LogP contribution in [-0.4, -0.2) is 25.1 Å². The van der Waals surface area contributed by atoms with Crippen LogP contribution in [0.5, 0.6) is 5.75 Å². The van der Waals surface area contributed by atoms with Crippen LogP contribution in [0, 0.1) is 6.92 Å². The maximum atomic E-state index is 12.3. The second-order valence-electron chi connectivity index (χ2n) is 7.02. The smallest absolute Gasteiger partial charge is 0.319 e. The fourth-order valence-electron chi connectivity index (χ4n) is 3.07. The van der Waals surface area contributed by atoms with E-state index in [1.165, 1.54) is 6.26 Å². The average Bonchev–Trinajstić information content (AvgIpc) is 3.25. The van der Waals surface area contributed by atoms with Crippen molar-refractivity contribution in [2.45, 2.75) is 26.3 Å². The first-order valence-corrected chi connectivity index (χ1v) is 9.60. The predicted octanol–water partition coefficient (Wildman–Crippen LogP) is 4.60. The van der Waals surface area contributed by atoms with Crippen LogP contribution in [0.25, 0.3) is 0 Å². The van der Waals surface area contributed by atoms with Gasteiger partial charge in [-0.2, -0.15) is 0 Å². The fraction of sp³-hybridized carbons (Fsp3) is 0.217. The molecule has 0 aliphatic rings. The zero-order chi connectivity index (χ0) is 21.5. The molecule has 0 aliphatic carbocycles. The molecule has 7 heteroatoms. The van der Waals surface area contributed by atoms with Gasteiger partial charge in [0, 0.05) is 17.4 Å². The van der Waals surface area contributed by atoms with E-state index in [2.05, 4.69) is 16.0 Å². The second kappa shape index (κ2) is 9.65. The standard InChI is InChI=1S/C23H25N3O4/c1-15-12-18(9-10-20(15)26-22(27)21-8-5-11-30-21)25-23(28)24-16(2)13-17-6-4-7-19(14-17)29-3/h4-12,14,16H,13H2,1-3H3,(H,26,27)(H2,24,25,28). The summed E-state index contributed by atoms with van der Waals surface area (Å²) in [5.74, 6) is 0.702. The van der Waals surface area contributed by atoms with Crippen molar-refractivity contribution in [2.24, 2.45) is 0 Å². The molecule has 0 saturated carbocycles. The molecule has 0 fully saturated rings. The Kier molecular flexibility index (Phi) is 6.75. The maximum absolute atomic E-state index is 12.3. The van der Waals surface area contributed by atoms with Gasteiger partial charge in [0.2, 0.25) is 0 Å². The van der Waals surface area contributed by atoms with Crippen LogP contribution in [0.3, 0.4) is 0 Å². The minimum Gasteiger partial charge on any atom is -0.497 e. The highest BCUT2D eigenvalue weighted by atomic mass is 16.5. The molecule has 1 unspecified atom stereocenters. The number of carbonyl (C=O) groups is 2. The highest BCUT2D eigenvalue weighted by Crippen LogP contribution is 2.21. The summed E-state index contributed by atoms with van der Waals surface area (Å²) in [5.41, 5.74) is 3.18. The third-order valence-corrected chi connectivity index (χ3v) is 4.53. The second-order valence-corrected chi connectivity index (χ2v) is 7.02. The van der Waals surface area contributed by atoms with Crippen LogP contribution in [0.1, 0.15) is 28.6 Å². The fourth-order valence-corrected chi connectivity index (χ4v) is 3.07. The number of nitrogens with one attached hydrogen (secondary N) is 3. The lowest BCUT2D eigenvalue weighted by molar-refractivity contribution is 0.0996. The minimum absolute atomic E-state index is 0.0648. The Labute approximate surface area is 175 Å². The largest absolute Gasteiger partial charge is 0.497 e. The summed E-state index contributed by atoms with van der Waals surface area (Å²) < 4.78 is 10.3. The Balaban J connectivity index is 1.54. The number of amides is 3. The summed E-state index contributed by atoms with van der Waals surface area (Å²) >= 11 is 0. The molecule has 0 spiro atoms. The van der Waals surface area contributed by atoms with E-state index < -0.39 is 0 Å². The van der Waals surface area contributed by atoms with Crippen molar-refractivity contribution in [2.75, 3.05) is 17.7 Å². The molecule has 1 atom stereocenters. The number of hydrogen-bond donors (Lipinski definition) is 3. The minimum atomic E-state index is -0.326. The summed E-state index contributed by atoms with van der Waals surface area (Å²) in [7, 11) is 1.63. The quantitative estimate of drug-likeness (QED) is 0.534. The van der Waals surface area contributed by atoms with E-state index in [0.717, 1.165) is 16.9 Å². The van der Waals surface area contributed by atoms with Gasteiger partial charge in [0.1, 0.15) is 5.75 Å². The SMILES string of the molecule is COc1cccc(CC(C)NC(=O)Nc2ccc(NC(=O)c3ccco3)c(C)c2)c1. The molecule has 0 radical (unpaired) electrons. The van der Waals surface area contributed by atoms with E-state index in [1.54, 1.807) is 37.4 Å². The van der Waals surface area contributed by atoms with Crippen molar-refractivity contribution in [3.05, 3.63) is 77.7 Å². The number of aryl methyl sites for hydroxylation is 1. The molecule has 0 aliphatic heterocycles. The molecule has 0 bridgehead atoms. The molecule has 7 nitrogen and oxygen atoms in total. The number of methoxy groups -OCH3 is 1. The molecule has 156 valence electrons. The van der Waals surface area contributed by atoms with Gasteiger partial charge >= 0.3 is 6.03 Å². The van der Waals surface area contributed by atoms with Crippen LogP contribution in [0.4, 0.5) is 16.2 Å². The summed E-state index contributed by atoms with van der Waals surface area (Å²) in [5, 5.41) is 8.54. The van der Waals surface area contributed by atoms with Gasteiger partial charge in [0.15, 0.2) is 5.76 Å². The van der Waals surface area contributed by atoms with E-state index in [4.69, 9.17) is 9.15 Å². The van der Waals surface area contributed by atoms with Crippen molar-refractivity contribution < 1.29 is 18.7 Å². The van der Waals surface area contributed by atoms with E-state index in [9.17, 15) is 9.59 Å². The van der Waals surface area contributed by atoms with E-state index in [-0.39, 0.29) is 23.7 Å². The Morgan fingerprint density at radius 2 is 1.90 bits per heavy atom. The Morgan fingerprint density at radius 1 is 1.07 bits per heavy atom. The number of hydrogen-bond acceptors (Lipinski definition) is 4. The number of furan rings is 1. The molecule has 1 heterocycles. The van der Waals surface area contributed by atoms with Gasteiger partial charge in [-0.3, -0.25) is 4.79 Å². The molecule has 30 heavy (non-hydrogen) atoms. The van der Waals surface area contributed by atoms with Crippen LogP contribution in [0.15, 0.2) is 65.3 Å². The van der Waals surface area contributed by atoms with Crippen LogP contribution in [-0.2, 0) is 6.42 Å². The number of rotatable bonds is 7. The van der Waals surface area contributed by atoms with Gasteiger partial charge in [-0.05, 0) is 73.9 Å².